The molecule has 0 bridgehead atoms. The van der Waals surface area contributed by atoms with Gasteiger partial charge >= 0.3 is 0 Å². The maximum atomic E-state index is 10.9. The fraction of sp³-hybridized carbons (Fsp3) is 0.556. The first kappa shape index (κ1) is 24.5. The summed E-state index contributed by atoms with van der Waals surface area (Å²) < 4.78 is 6.40. The van der Waals surface area contributed by atoms with Gasteiger partial charge in [0.1, 0.15) is 19.6 Å². The molecular weight excluding hydrogens is 384 g/mol. The lowest BCUT2D eigenvalue weighted by Gasteiger charge is -2.29. The minimum Gasteiger partial charge on any atom is -0.507 e. The van der Waals surface area contributed by atoms with Crippen molar-refractivity contribution in [2.24, 2.45) is 0 Å². The van der Waals surface area contributed by atoms with Crippen molar-refractivity contribution in [2.75, 3.05) is 6.23 Å². The van der Waals surface area contributed by atoms with Crippen LogP contribution in [0.15, 0.2) is 36.4 Å². The molecule has 2 aromatic carbocycles. The van der Waals surface area contributed by atoms with Gasteiger partial charge in [0.05, 0.1) is 6.23 Å². The average Bonchev–Trinajstić information content (AvgIpc) is 2.58. The van der Waals surface area contributed by atoms with Gasteiger partial charge in [-0.15, -0.1) is 0 Å². The van der Waals surface area contributed by atoms with E-state index >= 15 is 0 Å². The van der Waals surface area contributed by atoms with E-state index in [0.717, 1.165) is 16.9 Å². The molecule has 0 spiro atoms. The lowest BCUT2D eigenvalue weighted by Crippen LogP contribution is -2.47. The van der Waals surface area contributed by atoms with Crippen molar-refractivity contribution in [3.8, 4) is 11.5 Å². The summed E-state index contributed by atoms with van der Waals surface area (Å²) in [5.41, 5.74) is 3.11. The first-order valence-corrected chi connectivity index (χ1v) is 14.3. The van der Waals surface area contributed by atoms with Gasteiger partial charge in [-0.1, -0.05) is 105 Å². The van der Waals surface area contributed by atoms with Crippen LogP contribution >= 0.6 is 0 Å². The third-order valence-electron chi connectivity index (χ3n) is 5.83. The molecule has 2 rings (SSSR count). The van der Waals surface area contributed by atoms with E-state index in [0.29, 0.717) is 12.0 Å². The molecule has 0 saturated carbocycles. The summed E-state index contributed by atoms with van der Waals surface area (Å²) in [7, 11) is -1.77. The average molecular weight is 427 g/mol. The highest BCUT2D eigenvalue weighted by molar-refractivity contribution is 6.89. The second-order valence-electron chi connectivity index (χ2n) is 12.4. The molecule has 0 atom stereocenters. The summed E-state index contributed by atoms with van der Waals surface area (Å²) >= 11 is 0. The number of phenolic OH excluding ortho intramolecular Hbond substituents is 1. The van der Waals surface area contributed by atoms with Crippen molar-refractivity contribution in [3.63, 3.8) is 0 Å². The summed E-state index contributed by atoms with van der Waals surface area (Å²) in [4.78, 5) is 0. The Morgan fingerprint density at radius 2 is 1.17 bits per heavy atom. The summed E-state index contributed by atoms with van der Waals surface area (Å²) in [6.45, 7) is 24.3. The Morgan fingerprint density at radius 1 is 0.733 bits per heavy atom. The van der Waals surface area contributed by atoms with Crippen LogP contribution in [0.1, 0.15) is 79.0 Å². The highest BCUT2D eigenvalue weighted by Gasteiger charge is 2.29. The second kappa shape index (κ2) is 8.07. The monoisotopic (exact) mass is 426 g/mol. The van der Waals surface area contributed by atoms with Gasteiger partial charge in [-0.25, -0.2) is 0 Å². The van der Waals surface area contributed by atoms with Crippen LogP contribution in [-0.4, -0.2) is 19.4 Å². The summed E-state index contributed by atoms with van der Waals surface area (Å²) in [6.07, 6.45) is 0.708. The zero-order valence-corrected chi connectivity index (χ0v) is 22.0. The maximum absolute atomic E-state index is 10.9. The standard InChI is InChI=1S/C27H42O2Si/c1-25(2,3)19-12-14-21(15-13-19)30(10,11)18-29-20-16-22(26(4,5)6)24(28)23(17-20)27(7,8)9/h12-17,28H,18H2,1-11H3. The van der Waals surface area contributed by atoms with Crippen LogP contribution in [0.2, 0.25) is 13.1 Å². The third-order valence-corrected chi connectivity index (χ3v) is 8.59. The smallest absolute Gasteiger partial charge is 0.124 e. The van der Waals surface area contributed by atoms with Gasteiger partial charge in [0.25, 0.3) is 0 Å². The molecule has 0 unspecified atom stereocenters. The van der Waals surface area contributed by atoms with Crippen molar-refractivity contribution < 1.29 is 9.84 Å². The van der Waals surface area contributed by atoms with Crippen molar-refractivity contribution in [3.05, 3.63) is 53.1 Å². The molecule has 0 aliphatic rings. The lowest BCUT2D eigenvalue weighted by molar-refractivity contribution is 0.369. The first-order chi connectivity index (χ1) is 13.4. The van der Waals surface area contributed by atoms with E-state index in [1.807, 2.05) is 12.1 Å². The van der Waals surface area contributed by atoms with Crippen molar-refractivity contribution in [1.29, 1.82) is 0 Å². The summed E-state index contributed by atoms with van der Waals surface area (Å²) in [5, 5.41) is 12.3. The minimum absolute atomic E-state index is 0.154. The molecule has 2 aromatic rings. The second-order valence-corrected chi connectivity index (χ2v) is 17.0. The van der Waals surface area contributed by atoms with E-state index in [1.54, 1.807) is 0 Å². The van der Waals surface area contributed by atoms with Crippen molar-refractivity contribution in [1.82, 2.24) is 0 Å². The number of phenols is 1. The molecule has 2 nitrogen and oxygen atoms in total. The highest BCUT2D eigenvalue weighted by atomic mass is 28.3. The molecule has 166 valence electrons. The largest absolute Gasteiger partial charge is 0.507 e. The Morgan fingerprint density at radius 3 is 1.53 bits per heavy atom. The van der Waals surface area contributed by atoms with Gasteiger partial charge in [0.2, 0.25) is 0 Å². The molecule has 0 aliphatic heterocycles. The van der Waals surface area contributed by atoms with Crippen LogP contribution in [0, 0.1) is 0 Å². The fourth-order valence-corrected chi connectivity index (χ4v) is 5.37. The number of rotatable bonds is 4. The highest BCUT2D eigenvalue weighted by Crippen LogP contribution is 2.41. The summed E-state index contributed by atoms with van der Waals surface area (Å²) in [6, 6.07) is 13.2. The van der Waals surface area contributed by atoms with Crippen LogP contribution < -0.4 is 9.92 Å². The molecule has 30 heavy (non-hydrogen) atoms. The molecule has 0 aromatic heterocycles. The Kier molecular flexibility index (Phi) is 6.60. The van der Waals surface area contributed by atoms with E-state index in [1.165, 1.54) is 10.8 Å². The van der Waals surface area contributed by atoms with Crippen LogP contribution in [0.4, 0.5) is 0 Å². The topological polar surface area (TPSA) is 29.5 Å². The van der Waals surface area contributed by atoms with Crippen LogP contribution in [0.5, 0.6) is 11.5 Å². The maximum Gasteiger partial charge on any atom is 0.124 e. The van der Waals surface area contributed by atoms with Crippen LogP contribution in [-0.2, 0) is 16.2 Å². The number of hydrogen-bond acceptors (Lipinski definition) is 2. The van der Waals surface area contributed by atoms with Gasteiger partial charge < -0.3 is 9.84 Å². The van der Waals surface area contributed by atoms with Crippen molar-refractivity contribution >= 4 is 13.3 Å². The molecule has 0 heterocycles. The number of aromatic hydroxyl groups is 1. The predicted octanol–water partition coefficient (Wildman–Crippen LogP) is 6.82. The number of hydrogen-bond donors (Lipinski definition) is 1. The lowest BCUT2D eigenvalue weighted by atomic mass is 9.79. The van der Waals surface area contributed by atoms with Gasteiger partial charge in [-0.05, 0) is 33.9 Å². The van der Waals surface area contributed by atoms with Gasteiger partial charge in [-0.2, -0.15) is 0 Å². The minimum atomic E-state index is -1.77. The zero-order valence-electron chi connectivity index (χ0n) is 21.0. The molecule has 0 amide bonds. The van der Waals surface area contributed by atoms with E-state index in [2.05, 4.69) is 99.7 Å². The van der Waals surface area contributed by atoms with E-state index in [4.69, 9.17) is 4.74 Å². The Bertz CT molecular complexity index is 838. The quantitative estimate of drug-likeness (QED) is 0.544. The molecule has 0 radical (unpaired) electrons. The molecule has 1 N–H and O–H groups in total. The summed E-state index contributed by atoms with van der Waals surface area (Å²) in [5.74, 6) is 1.26. The molecule has 0 aliphatic carbocycles. The fourth-order valence-electron chi connectivity index (χ4n) is 3.60. The SMILES string of the molecule is CC(C)(C)c1ccc([Si](C)(C)COc2cc(C(C)(C)C)c(O)c(C(C)(C)C)c2)cc1. The predicted molar refractivity (Wildman–Crippen MR) is 133 cm³/mol. The molecule has 0 saturated heterocycles. The third kappa shape index (κ3) is 5.69. The van der Waals surface area contributed by atoms with E-state index < -0.39 is 8.07 Å². The molecule has 0 fully saturated rings. The van der Waals surface area contributed by atoms with E-state index in [-0.39, 0.29) is 16.2 Å². The Balaban J connectivity index is 2.33. The van der Waals surface area contributed by atoms with Crippen molar-refractivity contribution in [2.45, 2.75) is 91.7 Å². The Hall–Kier alpha value is -1.74. The van der Waals surface area contributed by atoms with Gasteiger partial charge in [0, 0.05) is 11.1 Å². The number of ether oxygens (including phenoxy) is 1. The van der Waals surface area contributed by atoms with Crippen LogP contribution in [0.25, 0.3) is 0 Å². The Labute approximate surface area is 185 Å². The van der Waals surface area contributed by atoms with E-state index in [9.17, 15) is 5.11 Å². The molecular formula is C27H42O2Si. The number of benzene rings is 2. The zero-order chi connectivity index (χ0) is 23.1. The first-order valence-electron chi connectivity index (χ1n) is 11.0. The normalized spacial score (nSPS) is 13.4. The molecule has 3 heteroatoms. The van der Waals surface area contributed by atoms with Gasteiger partial charge in [0.15, 0.2) is 0 Å². The van der Waals surface area contributed by atoms with Crippen LogP contribution in [0.3, 0.4) is 0 Å². The van der Waals surface area contributed by atoms with Gasteiger partial charge in [-0.3, -0.25) is 0 Å².